The summed E-state index contributed by atoms with van der Waals surface area (Å²) in [4.78, 5) is 7.49. The van der Waals surface area contributed by atoms with Crippen LogP contribution in [0.2, 0.25) is 0 Å². The van der Waals surface area contributed by atoms with E-state index in [4.69, 9.17) is 0 Å². The number of anilines is 3. The lowest BCUT2D eigenvalue weighted by Gasteiger charge is -2.15. The van der Waals surface area contributed by atoms with Crippen molar-refractivity contribution in [3.8, 4) is 0 Å². The number of hydrogen-bond donors (Lipinski definition) is 2. The Hall–Kier alpha value is -2.38. The van der Waals surface area contributed by atoms with E-state index in [1.807, 2.05) is 13.8 Å². The molecular weight excluding hydrogens is 312 g/mol. The lowest BCUT2D eigenvalue weighted by Crippen LogP contribution is -2.18. The topological polar surface area (TPSA) is 49.8 Å². The zero-order valence-electron chi connectivity index (χ0n) is 12.6. The molecule has 0 radical (unpaired) electrons. The summed E-state index contributed by atoms with van der Waals surface area (Å²) < 4.78 is 52.1. The van der Waals surface area contributed by atoms with E-state index in [2.05, 4.69) is 20.6 Å². The van der Waals surface area contributed by atoms with Crippen LogP contribution in [0.4, 0.5) is 35.0 Å². The van der Waals surface area contributed by atoms with Crippen LogP contribution < -0.4 is 10.6 Å². The second-order valence-electron chi connectivity index (χ2n) is 5.05. The molecule has 1 aromatic heterocycles. The Balaban J connectivity index is 2.35. The van der Waals surface area contributed by atoms with Gasteiger partial charge in [-0.15, -0.1) is 0 Å². The Morgan fingerprint density at radius 2 is 1.91 bits per heavy atom. The predicted octanol–water partition coefficient (Wildman–Crippen LogP) is 4.59. The Kier molecular flexibility index (Phi) is 5.02. The van der Waals surface area contributed by atoms with Crippen LogP contribution in [0.3, 0.4) is 0 Å². The summed E-state index contributed by atoms with van der Waals surface area (Å²) in [6.07, 6.45) is -3.90. The van der Waals surface area contributed by atoms with Gasteiger partial charge >= 0.3 is 6.18 Å². The average molecular weight is 328 g/mol. The number of nitrogens with one attached hydrogen (secondary N) is 2. The van der Waals surface area contributed by atoms with Crippen LogP contribution in [-0.2, 0) is 6.18 Å². The maximum Gasteiger partial charge on any atom is 0.433 e. The second kappa shape index (κ2) is 6.80. The average Bonchev–Trinajstić information content (AvgIpc) is 2.46. The highest BCUT2D eigenvalue weighted by molar-refractivity contribution is 5.57. The second-order valence-corrected chi connectivity index (χ2v) is 5.05. The zero-order chi connectivity index (χ0) is 17.0. The molecule has 0 amide bonds. The van der Waals surface area contributed by atoms with Gasteiger partial charge in [0.15, 0.2) is 5.69 Å². The number of alkyl halides is 3. The normalized spacial score (nSPS) is 12.8. The van der Waals surface area contributed by atoms with E-state index < -0.39 is 17.7 Å². The molecule has 2 rings (SSSR count). The van der Waals surface area contributed by atoms with Crippen molar-refractivity contribution in [1.29, 1.82) is 0 Å². The highest BCUT2D eigenvalue weighted by atomic mass is 19.4. The van der Waals surface area contributed by atoms with Gasteiger partial charge in [0, 0.05) is 17.8 Å². The van der Waals surface area contributed by atoms with E-state index in [1.54, 1.807) is 0 Å². The van der Waals surface area contributed by atoms with Gasteiger partial charge in [0.2, 0.25) is 5.95 Å². The highest BCUT2D eigenvalue weighted by Crippen LogP contribution is 2.30. The highest BCUT2D eigenvalue weighted by Gasteiger charge is 2.33. The first-order valence-corrected chi connectivity index (χ1v) is 7.03. The Morgan fingerprint density at radius 3 is 2.52 bits per heavy atom. The molecule has 1 aromatic carbocycles. The van der Waals surface area contributed by atoms with Gasteiger partial charge < -0.3 is 10.6 Å². The monoisotopic (exact) mass is 328 g/mol. The first kappa shape index (κ1) is 17.0. The largest absolute Gasteiger partial charge is 0.433 e. The number of hydrogen-bond acceptors (Lipinski definition) is 4. The van der Waals surface area contributed by atoms with E-state index in [1.165, 1.54) is 18.2 Å². The first-order valence-electron chi connectivity index (χ1n) is 7.03. The van der Waals surface area contributed by atoms with Crippen molar-refractivity contribution in [3.05, 3.63) is 41.8 Å². The molecule has 124 valence electrons. The molecule has 0 bridgehead atoms. The molecule has 0 unspecified atom stereocenters. The van der Waals surface area contributed by atoms with Crippen molar-refractivity contribution in [2.75, 3.05) is 10.6 Å². The van der Waals surface area contributed by atoms with Gasteiger partial charge in [0.25, 0.3) is 0 Å². The molecule has 1 atom stereocenters. The Morgan fingerprint density at radius 1 is 1.17 bits per heavy atom. The molecule has 0 saturated heterocycles. The van der Waals surface area contributed by atoms with Gasteiger partial charge in [-0.2, -0.15) is 18.2 Å². The SMILES string of the molecule is CC[C@@H](C)Nc1nc(Nc2cccc(F)c2)cc(C(F)(F)F)n1. The van der Waals surface area contributed by atoms with Crippen molar-refractivity contribution in [2.24, 2.45) is 0 Å². The minimum atomic E-state index is -4.60. The first-order chi connectivity index (χ1) is 10.8. The van der Waals surface area contributed by atoms with E-state index in [-0.39, 0.29) is 17.8 Å². The molecule has 0 aliphatic heterocycles. The maximum absolute atomic E-state index is 13.2. The molecule has 4 nitrogen and oxygen atoms in total. The molecule has 0 fully saturated rings. The fraction of sp³-hybridized carbons (Fsp3) is 0.333. The van der Waals surface area contributed by atoms with Crippen LogP contribution in [0.25, 0.3) is 0 Å². The number of benzene rings is 1. The number of nitrogens with zero attached hydrogens (tertiary/aromatic N) is 2. The minimum absolute atomic E-state index is 0.0660. The third kappa shape index (κ3) is 4.80. The van der Waals surface area contributed by atoms with E-state index in [0.717, 1.165) is 12.1 Å². The van der Waals surface area contributed by atoms with Crippen LogP contribution in [-0.4, -0.2) is 16.0 Å². The van der Waals surface area contributed by atoms with Crippen LogP contribution in [0.1, 0.15) is 26.0 Å². The smallest absolute Gasteiger partial charge is 0.352 e. The summed E-state index contributed by atoms with van der Waals surface area (Å²) in [5.74, 6) is -0.699. The maximum atomic E-state index is 13.2. The quantitative estimate of drug-likeness (QED) is 0.788. The molecule has 1 heterocycles. The predicted molar refractivity (Wildman–Crippen MR) is 80.1 cm³/mol. The third-order valence-electron chi connectivity index (χ3n) is 3.10. The van der Waals surface area contributed by atoms with Crippen molar-refractivity contribution in [2.45, 2.75) is 32.5 Å². The van der Waals surface area contributed by atoms with Crippen LogP contribution in [0, 0.1) is 5.82 Å². The van der Waals surface area contributed by atoms with Crippen molar-refractivity contribution < 1.29 is 17.6 Å². The molecule has 2 aromatic rings. The van der Waals surface area contributed by atoms with E-state index >= 15 is 0 Å². The van der Waals surface area contributed by atoms with Gasteiger partial charge in [-0.3, -0.25) is 0 Å². The number of aromatic nitrogens is 2. The fourth-order valence-electron chi connectivity index (χ4n) is 1.76. The van der Waals surface area contributed by atoms with Crippen molar-refractivity contribution in [3.63, 3.8) is 0 Å². The molecule has 2 N–H and O–H groups in total. The Labute approximate surface area is 131 Å². The summed E-state index contributed by atoms with van der Waals surface area (Å²) in [5, 5.41) is 5.46. The molecule has 0 aliphatic rings. The lowest BCUT2D eigenvalue weighted by atomic mass is 10.3. The summed E-state index contributed by atoms with van der Waals surface area (Å²) >= 11 is 0. The lowest BCUT2D eigenvalue weighted by molar-refractivity contribution is -0.141. The van der Waals surface area contributed by atoms with Gasteiger partial charge in [-0.25, -0.2) is 9.37 Å². The third-order valence-corrected chi connectivity index (χ3v) is 3.10. The van der Waals surface area contributed by atoms with Crippen LogP contribution in [0.15, 0.2) is 30.3 Å². The molecule has 8 heteroatoms. The van der Waals surface area contributed by atoms with Crippen LogP contribution in [0.5, 0.6) is 0 Å². The molecule has 23 heavy (non-hydrogen) atoms. The number of rotatable bonds is 5. The Bertz CT molecular complexity index is 673. The molecular formula is C15H16F4N4. The summed E-state index contributed by atoms with van der Waals surface area (Å²) in [6.45, 7) is 3.69. The minimum Gasteiger partial charge on any atom is -0.352 e. The number of halogens is 4. The van der Waals surface area contributed by atoms with Gasteiger partial charge in [-0.05, 0) is 31.5 Å². The summed E-state index contributed by atoms with van der Waals surface area (Å²) in [7, 11) is 0. The van der Waals surface area contributed by atoms with Crippen LogP contribution >= 0.6 is 0 Å². The van der Waals surface area contributed by atoms with E-state index in [0.29, 0.717) is 12.1 Å². The summed E-state index contributed by atoms with van der Waals surface area (Å²) in [6, 6.07) is 6.08. The zero-order valence-corrected chi connectivity index (χ0v) is 12.6. The van der Waals surface area contributed by atoms with Gasteiger partial charge in [0.1, 0.15) is 11.6 Å². The van der Waals surface area contributed by atoms with Gasteiger partial charge in [-0.1, -0.05) is 13.0 Å². The fourth-order valence-corrected chi connectivity index (χ4v) is 1.76. The van der Waals surface area contributed by atoms with Gasteiger partial charge in [0.05, 0.1) is 0 Å². The molecule has 0 aliphatic carbocycles. The molecule has 0 saturated carbocycles. The van der Waals surface area contributed by atoms with Crippen molar-refractivity contribution in [1.82, 2.24) is 9.97 Å². The molecule has 0 spiro atoms. The van der Waals surface area contributed by atoms with Crippen molar-refractivity contribution >= 4 is 17.5 Å². The standard InChI is InChI=1S/C15H16F4N4/c1-3-9(2)20-14-22-12(15(17,18)19)8-13(23-14)21-11-6-4-5-10(16)7-11/h4-9H,3H2,1-2H3,(H2,20,21,22,23)/t9-/m1/s1. The summed E-state index contributed by atoms with van der Waals surface area (Å²) in [5.41, 5.74) is -0.775. The van der Waals surface area contributed by atoms with E-state index in [9.17, 15) is 17.6 Å².